The normalized spacial score (nSPS) is 37.8. The minimum atomic E-state index is -0.261. The van der Waals surface area contributed by atoms with Crippen LogP contribution in [0.1, 0.15) is 25.3 Å². The third-order valence-corrected chi connectivity index (χ3v) is 6.73. The molecule has 24 heavy (non-hydrogen) atoms. The Kier molecular flexibility index (Phi) is 2.88. The van der Waals surface area contributed by atoms with Crippen LogP contribution < -0.4 is 0 Å². The van der Waals surface area contributed by atoms with Gasteiger partial charge in [-0.1, -0.05) is 29.8 Å². The van der Waals surface area contributed by atoms with E-state index in [2.05, 4.69) is 36.1 Å². The number of nitrogens with zero attached hydrogens (tertiary/aromatic N) is 2. The van der Waals surface area contributed by atoms with Crippen molar-refractivity contribution in [2.45, 2.75) is 31.2 Å². The second-order valence-corrected chi connectivity index (χ2v) is 7.43. The van der Waals surface area contributed by atoms with Gasteiger partial charge in [-0.2, -0.15) is 0 Å². The highest BCUT2D eigenvalue weighted by Gasteiger charge is 2.65. The van der Waals surface area contributed by atoms with Gasteiger partial charge in [0.05, 0.1) is 24.1 Å². The first-order chi connectivity index (χ1) is 11.7. The molecule has 3 heterocycles. The van der Waals surface area contributed by atoms with E-state index >= 15 is 0 Å². The summed E-state index contributed by atoms with van der Waals surface area (Å²) in [5.74, 6) is 0.0569. The number of fused-ring (bicyclic) bond motifs is 2. The number of carbonyl (C=O) groups excluding carboxylic acids is 1. The molecule has 5 rings (SSSR count). The average molecular weight is 322 g/mol. The van der Waals surface area contributed by atoms with Crippen molar-refractivity contribution in [1.29, 1.82) is 0 Å². The number of hydrogen-bond donors (Lipinski definition) is 0. The van der Waals surface area contributed by atoms with Crippen molar-refractivity contribution in [2.24, 2.45) is 16.8 Å². The molecule has 4 nitrogen and oxygen atoms in total. The predicted octanol–water partition coefficient (Wildman–Crippen LogP) is 2.85. The fraction of sp³-hybridized carbons (Fsp3) is 0.500. The number of allylic oxidation sites excluding steroid dienone is 1. The van der Waals surface area contributed by atoms with Gasteiger partial charge in [-0.05, 0) is 37.3 Å². The molecule has 0 spiro atoms. The summed E-state index contributed by atoms with van der Waals surface area (Å²) in [5, 5.41) is 0. The van der Waals surface area contributed by atoms with Crippen LogP contribution >= 0.6 is 0 Å². The lowest BCUT2D eigenvalue weighted by Gasteiger charge is -2.59. The van der Waals surface area contributed by atoms with Gasteiger partial charge in [0.1, 0.15) is 0 Å². The van der Waals surface area contributed by atoms with Crippen LogP contribution in [0.4, 0.5) is 5.69 Å². The van der Waals surface area contributed by atoms with Crippen LogP contribution in [0.5, 0.6) is 0 Å². The fourth-order valence-electron chi connectivity index (χ4n) is 5.77. The van der Waals surface area contributed by atoms with E-state index in [-0.39, 0.29) is 23.2 Å². The Labute approximate surface area is 142 Å². The number of hydrogen-bond acceptors (Lipinski definition) is 4. The summed E-state index contributed by atoms with van der Waals surface area (Å²) in [4.78, 5) is 20.5. The average Bonchev–Trinajstić information content (AvgIpc) is 2.96. The van der Waals surface area contributed by atoms with E-state index < -0.39 is 0 Å². The molecule has 1 aliphatic carbocycles. The van der Waals surface area contributed by atoms with E-state index in [1.165, 1.54) is 24.0 Å². The number of esters is 1. The van der Waals surface area contributed by atoms with E-state index in [0.717, 1.165) is 31.6 Å². The molecule has 3 fully saturated rings. The van der Waals surface area contributed by atoms with Gasteiger partial charge in [-0.25, -0.2) is 0 Å². The van der Waals surface area contributed by atoms with Gasteiger partial charge in [-0.3, -0.25) is 14.7 Å². The first-order valence-corrected chi connectivity index (χ1v) is 8.86. The third-order valence-electron chi connectivity index (χ3n) is 6.73. The van der Waals surface area contributed by atoms with Crippen molar-refractivity contribution in [3.63, 3.8) is 0 Å². The summed E-state index contributed by atoms with van der Waals surface area (Å²) in [6, 6.07) is 8.76. The Balaban J connectivity index is 1.79. The lowest BCUT2D eigenvalue weighted by molar-refractivity contribution is -0.151. The zero-order valence-electron chi connectivity index (χ0n) is 14.2. The van der Waals surface area contributed by atoms with E-state index in [0.29, 0.717) is 6.04 Å². The maximum absolute atomic E-state index is 12.9. The van der Waals surface area contributed by atoms with Gasteiger partial charge >= 0.3 is 5.97 Å². The summed E-state index contributed by atoms with van der Waals surface area (Å²) >= 11 is 0. The van der Waals surface area contributed by atoms with Crippen molar-refractivity contribution in [2.75, 3.05) is 20.2 Å². The van der Waals surface area contributed by atoms with Gasteiger partial charge in [0.15, 0.2) is 0 Å². The third kappa shape index (κ3) is 1.53. The molecule has 0 N–H and O–H groups in total. The van der Waals surface area contributed by atoms with Crippen molar-refractivity contribution in [3.05, 3.63) is 41.5 Å². The minimum Gasteiger partial charge on any atom is -0.469 e. The second-order valence-electron chi connectivity index (χ2n) is 7.43. The smallest absolute Gasteiger partial charge is 0.310 e. The molecule has 1 aromatic carbocycles. The Hall–Kier alpha value is -1.94. The van der Waals surface area contributed by atoms with Crippen LogP contribution in [0.25, 0.3) is 0 Å². The first-order valence-electron chi connectivity index (χ1n) is 8.86. The molecule has 1 saturated carbocycles. The molecular weight excluding hydrogens is 300 g/mol. The Morgan fingerprint density at radius 2 is 2.25 bits per heavy atom. The molecule has 0 aromatic heterocycles. The molecule has 124 valence electrons. The molecule has 0 radical (unpaired) electrons. The summed E-state index contributed by atoms with van der Waals surface area (Å²) in [7, 11) is 1.52. The van der Waals surface area contributed by atoms with Gasteiger partial charge in [-0.15, -0.1) is 0 Å². The number of rotatable bonds is 1. The number of aliphatic imine (C=N–C) groups is 1. The molecule has 3 bridgehead atoms. The monoisotopic (exact) mass is 322 g/mol. The van der Waals surface area contributed by atoms with Crippen molar-refractivity contribution in [3.8, 4) is 0 Å². The predicted molar refractivity (Wildman–Crippen MR) is 92.6 cm³/mol. The number of methoxy groups -OCH3 is 1. The minimum absolute atomic E-state index is 0.0717. The molecule has 4 atom stereocenters. The number of carbonyl (C=O) groups is 1. The van der Waals surface area contributed by atoms with Gasteiger partial charge in [0.25, 0.3) is 0 Å². The van der Waals surface area contributed by atoms with Crippen LogP contribution in [0.3, 0.4) is 0 Å². The Morgan fingerprint density at radius 3 is 3.04 bits per heavy atom. The van der Waals surface area contributed by atoms with Crippen LogP contribution in [0.2, 0.25) is 0 Å². The molecule has 4 unspecified atom stereocenters. The largest absolute Gasteiger partial charge is 0.469 e. The van der Waals surface area contributed by atoms with Crippen LogP contribution in [0.15, 0.2) is 40.9 Å². The molecule has 4 aliphatic rings. The van der Waals surface area contributed by atoms with Crippen LogP contribution in [-0.4, -0.2) is 42.8 Å². The number of piperidine rings is 2. The fourth-order valence-corrected chi connectivity index (χ4v) is 5.77. The topological polar surface area (TPSA) is 41.9 Å². The number of para-hydroxylation sites is 1. The van der Waals surface area contributed by atoms with Gasteiger partial charge in [0.2, 0.25) is 0 Å². The van der Waals surface area contributed by atoms with Crippen molar-refractivity contribution >= 4 is 17.4 Å². The molecule has 4 heteroatoms. The van der Waals surface area contributed by atoms with Crippen LogP contribution in [-0.2, 0) is 14.9 Å². The highest BCUT2D eigenvalue weighted by Crippen LogP contribution is 2.60. The second kappa shape index (κ2) is 4.79. The molecule has 0 amide bonds. The summed E-state index contributed by atoms with van der Waals surface area (Å²) in [6.07, 6.45) is 4.17. The summed E-state index contributed by atoms with van der Waals surface area (Å²) < 4.78 is 5.31. The number of benzene rings is 1. The maximum Gasteiger partial charge on any atom is 0.310 e. The molecule has 3 aliphatic heterocycles. The quantitative estimate of drug-likeness (QED) is 0.590. The highest BCUT2D eigenvalue weighted by atomic mass is 16.5. The zero-order chi connectivity index (χ0) is 16.5. The van der Waals surface area contributed by atoms with E-state index in [4.69, 9.17) is 9.73 Å². The highest BCUT2D eigenvalue weighted by molar-refractivity contribution is 6.09. The summed E-state index contributed by atoms with van der Waals surface area (Å²) in [6.45, 7) is 4.09. The standard InChI is InChI=1S/C20H22N2O2/c1-3-12-11-22-9-8-20-14-6-4-5-7-15(14)21-18(20)16(22)10-13(12)17(20)19(23)24-2/h3-7,13,16-17H,8-11H2,1-2H3/b12-3-. The van der Waals surface area contributed by atoms with Gasteiger partial charge < -0.3 is 4.74 Å². The Bertz CT molecular complexity index is 797. The Morgan fingerprint density at radius 1 is 1.42 bits per heavy atom. The maximum atomic E-state index is 12.9. The van der Waals surface area contributed by atoms with E-state index in [1.807, 2.05) is 6.07 Å². The van der Waals surface area contributed by atoms with E-state index in [1.54, 1.807) is 0 Å². The lowest BCUT2D eigenvalue weighted by Crippen LogP contribution is -2.68. The molecule has 1 aromatic rings. The molecular formula is C20H22N2O2. The SMILES string of the molecule is C/C=C1/CN2CCC34C(=Nc5ccccc53)C2CC1C4C(=O)OC. The van der Waals surface area contributed by atoms with Crippen molar-refractivity contribution < 1.29 is 9.53 Å². The van der Waals surface area contributed by atoms with Gasteiger partial charge in [0, 0.05) is 24.8 Å². The molecule has 2 saturated heterocycles. The van der Waals surface area contributed by atoms with E-state index in [9.17, 15) is 4.79 Å². The summed E-state index contributed by atoms with van der Waals surface area (Å²) in [5.41, 5.74) is 4.64. The lowest BCUT2D eigenvalue weighted by atomic mass is 9.51. The van der Waals surface area contributed by atoms with Crippen molar-refractivity contribution in [1.82, 2.24) is 4.90 Å². The first kappa shape index (κ1) is 14.4. The van der Waals surface area contributed by atoms with Crippen LogP contribution in [0, 0.1) is 11.8 Å². The zero-order valence-corrected chi connectivity index (χ0v) is 14.2. The number of ether oxygens (including phenoxy) is 1.